The summed E-state index contributed by atoms with van der Waals surface area (Å²) in [5.41, 5.74) is 8.68. The van der Waals surface area contributed by atoms with E-state index in [-0.39, 0.29) is 0 Å². The monoisotopic (exact) mass is 330 g/mol. The first-order chi connectivity index (χ1) is 12.2. The molecule has 0 spiro atoms. The molecular weight excluding hydrogens is 312 g/mol. The minimum atomic E-state index is -0.450. The van der Waals surface area contributed by atoms with Crippen LogP contribution >= 0.6 is 0 Å². The van der Waals surface area contributed by atoms with Crippen molar-refractivity contribution in [2.45, 2.75) is 18.4 Å². The molecule has 0 bridgehead atoms. The molecule has 1 aliphatic rings. The standard InChI is InChI=1S/C20H18N4O/c21-20(25)15-8-4-7-14(11-15)17-9-10-19(24-23-17)22-18-12-16(18)13-5-2-1-3-6-13/h1-11,16,18H,12H2,(H2,21,25)(H,22,24)/t16-,18+/m0/s1. The van der Waals surface area contributed by atoms with E-state index in [1.807, 2.05) is 24.3 Å². The van der Waals surface area contributed by atoms with Gasteiger partial charge in [-0.25, -0.2) is 0 Å². The Kier molecular flexibility index (Phi) is 3.90. The molecule has 5 nitrogen and oxygen atoms in total. The molecule has 2 aromatic carbocycles. The molecule has 5 heteroatoms. The minimum absolute atomic E-state index is 0.403. The molecule has 0 saturated heterocycles. The molecule has 4 rings (SSSR count). The molecule has 1 aromatic heterocycles. The number of benzene rings is 2. The highest BCUT2D eigenvalue weighted by Gasteiger charge is 2.38. The fourth-order valence-corrected chi connectivity index (χ4v) is 3.01. The number of hydrogen-bond acceptors (Lipinski definition) is 4. The van der Waals surface area contributed by atoms with E-state index >= 15 is 0 Å². The van der Waals surface area contributed by atoms with E-state index in [0.29, 0.717) is 23.2 Å². The maximum absolute atomic E-state index is 11.3. The zero-order valence-electron chi connectivity index (χ0n) is 13.6. The van der Waals surface area contributed by atoms with Crippen LogP contribution in [0.2, 0.25) is 0 Å². The number of primary amides is 1. The number of nitrogens with two attached hydrogens (primary N) is 1. The Morgan fingerprint density at radius 1 is 1.00 bits per heavy atom. The second-order valence-electron chi connectivity index (χ2n) is 6.25. The molecule has 1 amide bonds. The van der Waals surface area contributed by atoms with Crippen molar-refractivity contribution in [1.29, 1.82) is 0 Å². The first-order valence-corrected chi connectivity index (χ1v) is 8.26. The summed E-state index contributed by atoms with van der Waals surface area (Å²) in [6.45, 7) is 0. The van der Waals surface area contributed by atoms with E-state index in [9.17, 15) is 4.79 Å². The van der Waals surface area contributed by atoms with E-state index in [0.717, 1.165) is 17.8 Å². The van der Waals surface area contributed by atoms with Crippen LogP contribution in [0.25, 0.3) is 11.3 Å². The maximum Gasteiger partial charge on any atom is 0.248 e. The van der Waals surface area contributed by atoms with Gasteiger partial charge in [-0.15, -0.1) is 10.2 Å². The summed E-state index contributed by atoms with van der Waals surface area (Å²) in [4.78, 5) is 11.3. The van der Waals surface area contributed by atoms with Crippen LogP contribution in [0.4, 0.5) is 5.82 Å². The second kappa shape index (κ2) is 6.36. The average Bonchev–Trinajstić information content (AvgIpc) is 3.42. The highest BCUT2D eigenvalue weighted by Crippen LogP contribution is 2.42. The van der Waals surface area contributed by atoms with Gasteiger partial charge in [0.1, 0.15) is 5.82 Å². The molecule has 2 atom stereocenters. The molecule has 3 N–H and O–H groups in total. The third-order valence-electron chi connectivity index (χ3n) is 4.46. The SMILES string of the molecule is NC(=O)c1cccc(-c2ccc(N[C@@H]3C[C@H]3c3ccccc3)nn2)c1. The Morgan fingerprint density at radius 2 is 1.84 bits per heavy atom. The Hall–Kier alpha value is -3.21. The van der Waals surface area contributed by atoms with Crippen molar-refractivity contribution in [2.24, 2.45) is 5.73 Å². The van der Waals surface area contributed by atoms with E-state index in [2.05, 4.69) is 39.8 Å². The number of nitrogens with one attached hydrogen (secondary N) is 1. The highest BCUT2D eigenvalue weighted by atomic mass is 16.1. The number of rotatable bonds is 5. The van der Waals surface area contributed by atoms with Crippen LogP contribution in [0.15, 0.2) is 66.7 Å². The fourth-order valence-electron chi connectivity index (χ4n) is 3.01. The predicted molar refractivity (Wildman–Crippen MR) is 97.2 cm³/mol. The molecule has 0 radical (unpaired) electrons. The van der Waals surface area contributed by atoms with Gasteiger partial charge >= 0.3 is 0 Å². The summed E-state index contributed by atoms with van der Waals surface area (Å²) in [7, 11) is 0. The lowest BCUT2D eigenvalue weighted by Gasteiger charge is -2.06. The van der Waals surface area contributed by atoms with Crippen LogP contribution in [0.3, 0.4) is 0 Å². The molecule has 124 valence electrons. The van der Waals surface area contributed by atoms with Crippen molar-refractivity contribution in [3.8, 4) is 11.3 Å². The number of nitrogens with zero attached hydrogens (tertiary/aromatic N) is 2. The van der Waals surface area contributed by atoms with Crippen LogP contribution in [-0.2, 0) is 0 Å². The summed E-state index contributed by atoms with van der Waals surface area (Å²) < 4.78 is 0. The van der Waals surface area contributed by atoms with Crippen molar-refractivity contribution < 1.29 is 4.79 Å². The number of carbonyl (C=O) groups excluding carboxylic acids is 1. The first kappa shape index (κ1) is 15.3. The fraction of sp³-hybridized carbons (Fsp3) is 0.150. The zero-order valence-corrected chi connectivity index (χ0v) is 13.6. The van der Waals surface area contributed by atoms with Crippen LogP contribution < -0.4 is 11.1 Å². The molecule has 3 aromatic rings. The smallest absolute Gasteiger partial charge is 0.248 e. The van der Waals surface area contributed by atoms with Gasteiger partial charge in [-0.1, -0.05) is 42.5 Å². The van der Waals surface area contributed by atoms with Gasteiger partial charge in [0.25, 0.3) is 0 Å². The summed E-state index contributed by atoms with van der Waals surface area (Å²) in [6.07, 6.45) is 1.11. The zero-order chi connectivity index (χ0) is 17.2. The van der Waals surface area contributed by atoms with Gasteiger partial charge in [0.05, 0.1) is 5.69 Å². The lowest BCUT2D eigenvalue weighted by Crippen LogP contribution is -2.10. The van der Waals surface area contributed by atoms with Crippen molar-refractivity contribution >= 4 is 11.7 Å². The Labute approximate surface area is 145 Å². The Bertz CT molecular complexity index is 893. The number of aromatic nitrogens is 2. The third kappa shape index (κ3) is 3.35. The van der Waals surface area contributed by atoms with E-state index in [1.54, 1.807) is 18.2 Å². The largest absolute Gasteiger partial charge is 0.366 e. The number of amides is 1. The van der Waals surface area contributed by atoms with Crippen LogP contribution in [0, 0.1) is 0 Å². The van der Waals surface area contributed by atoms with Gasteiger partial charge in [-0.05, 0) is 36.2 Å². The Balaban J connectivity index is 1.45. The van der Waals surface area contributed by atoms with Crippen LogP contribution in [0.5, 0.6) is 0 Å². The molecule has 1 saturated carbocycles. The first-order valence-electron chi connectivity index (χ1n) is 8.26. The van der Waals surface area contributed by atoms with Gasteiger partial charge in [-0.3, -0.25) is 4.79 Å². The molecular formula is C20H18N4O. The minimum Gasteiger partial charge on any atom is -0.366 e. The highest BCUT2D eigenvalue weighted by molar-refractivity contribution is 5.93. The normalized spacial score (nSPS) is 18.6. The summed E-state index contributed by atoms with van der Waals surface area (Å²) in [5, 5.41) is 11.9. The Morgan fingerprint density at radius 3 is 2.56 bits per heavy atom. The number of hydrogen-bond donors (Lipinski definition) is 2. The molecule has 1 fully saturated rings. The van der Waals surface area contributed by atoms with E-state index in [4.69, 9.17) is 5.73 Å². The van der Waals surface area contributed by atoms with Gasteiger partial charge in [0.15, 0.2) is 0 Å². The van der Waals surface area contributed by atoms with Crippen molar-refractivity contribution in [3.63, 3.8) is 0 Å². The molecule has 1 aliphatic carbocycles. The number of carbonyl (C=O) groups is 1. The van der Waals surface area contributed by atoms with Crippen LogP contribution in [0.1, 0.15) is 28.3 Å². The van der Waals surface area contributed by atoms with E-state index < -0.39 is 5.91 Å². The molecule has 0 unspecified atom stereocenters. The molecule has 25 heavy (non-hydrogen) atoms. The van der Waals surface area contributed by atoms with Crippen molar-refractivity contribution in [3.05, 3.63) is 77.9 Å². The van der Waals surface area contributed by atoms with Gasteiger partial charge in [0, 0.05) is 23.1 Å². The van der Waals surface area contributed by atoms with Gasteiger partial charge < -0.3 is 11.1 Å². The summed E-state index contributed by atoms with van der Waals surface area (Å²) in [5.74, 6) is 0.849. The molecule has 1 heterocycles. The van der Waals surface area contributed by atoms with E-state index in [1.165, 1.54) is 5.56 Å². The van der Waals surface area contributed by atoms with Crippen LogP contribution in [-0.4, -0.2) is 22.1 Å². The predicted octanol–water partition coefficient (Wildman–Crippen LogP) is 3.21. The topological polar surface area (TPSA) is 80.9 Å². The average molecular weight is 330 g/mol. The maximum atomic E-state index is 11.3. The van der Waals surface area contributed by atoms with Crippen molar-refractivity contribution in [2.75, 3.05) is 5.32 Å². The lowest BCUT2D eigenvalue weighted by atomic mass is 10.1. The lowest BCUT2D eigenvalue weighted by molar-refractivity contribution is 0.100. The molecule has 0 aliphatic heterocycles. The number of anilines is 1. The third-order valence-corrected chi connectivity index (χ3v) is 4.46. The van der Waals surface area contributed by atoms with Gasteiger partial charge in [0.2, 0.25) is 5.91 Å². The van der Waals surface area contributed by atoms with Gasteiger partial charge in [-0.2, -0.15) is 0 Å². The quantitative estimate of drug-likeness (QED) is 0.753. The summed E-state index contributed by atoms with van der Waals surface area (Å²) in [6, 6.07) is 21.8. The summed E-state index contributed by atoms with van der Waals surface area (Å²) >= 11 is 0. The second-order valence-corrected chi connectivity index (χ2v) is 6.25. The van der Waals surface area contributed by atoms with Crippen molar-refractivity contribution in [1.82, 2.24) is 10.2 Å².